The summed E-state index contributed by atoms with van der Waals surface area (Å²) in [6.45, 7) is 0. The molecule has 0 saturated carbocycles. The van der Waals surface area contributed by atoms with Gasteiger partial charge in [-0.25, -0.2) is 0 Å². The minimum Gasteiger partial charge on any atom is -2.00 e. The fourth-order valence-electron chi connectivity index (χ4n) is 0. The summed E-state index contributed by atoms with van der Waals surface area (Å²) in [5, 5.41) is 0. The Bertz CT molecular complexity index is 12.9. The molecule has 0 amide bonds. The molecule has 9 heavy (non-hydrogen) atoms. The largest absolute Gasteiger partial charge is 2.00 e. The average Bonchev–Trinajstić information content (AvgIpc) is 0. The Labute approximate surface area is 96.9 Å². The van der Waals surface area contributed by atoms with Gasteiger partial charge in [0.15, 0.2) is 0 Å². The SMILES string of the molecule is [Ni].[Ni].[O-2].[O-2].[O-2].[O-2].[O-2].[V].[V]. The molecule has 0 unspecified atom stereocenters. The van der Waals surface area contributed by atoms with Crippen LogP contribution in [0.3, 0.4) is 0 Å². The molecule has 0 aromatic heterocycles. The molecule has 0 atom stereocenters. The van der Waals surface area contributed by atoms with Crippen LogP contribution >= 0.6 is 0 Å². The summed E-state index contributed by atoms with van der Waals surface area (Å²) in [5.41, 5.74) is 0. The maximum absolute atomic E-state index is 0. The van der Waals surface area contributed by atoms with E-state index in [0.717, 1.165) is 0 Å². The van der Waals surface area contributed by atoms with Crippen LogP contribution in [0.4, 0.5) is 0 Å². The standard InChI is InChI=1S/2Ni.5O.2V/q;;5*-2;;. The molecule has 70 valence electrons. The number of hydrogen-bond acceptors (Lipinski definition) is 0. The van der Waals surface area contributed by atoms with E-state index in [4.69, 9.17) is 0 Å². The van der Waals surface area contributed by atoms with Crippen molar-refractivity contribution in [2.45, 2.75) is 0 Å². The molecular formula is Ni2O5V2-10. The van der Waals surface area contributed by atoms with Gasteiger partial charge >= 0.3 is 0 Å². The van der Waals surface area contributed by atoms with Gasteiger partial charge in [0.05, 0.1) is 0 Å². The fourth-order valence-corrected chi connectivity index (χ4v) is 0. The molecule has 0 aromatic rings. The van der Waals surface area contributed by atoms with Crippen molar-refractivity contribution in [3.63, 3.8) is 0 Å². The molecule has 9 heteroatoms. The van der Waals surface area contributed by atoms with Gasteiger partial charge in [0.25, 0.3) is 0 Å². The van der Waals surface area contributed by atoms with Crippen LogP contribution in [0.1, 0.15) is 0 Å². The molecule has 0 spiro atoms. The summed E-state index contributed by atoms with van der Waals surface area (Å²) < 4.78 is 0. The Balaban J connectivity index is 0. The van der Waals surface area contributed by atoms with Gasteiger partial charge in [-0.2, -0.15) is 0 Å². The van der Waals surface area contributed by atoms with Gasteiger partial charge in [-0.05, 0) is 0 Å². The second-order valence-corrected chi connectivity index (χ2v) is 0. The minimum atomic E-state index is 0. The van der Waals surface area contributed by atoms with Crippen LogP contribution in [0.2, 0.25) is 0 Å². The second kappa shape index (κ2) is 209. The molecule has 0 aliphatic carbocycles. The normalized spacial score (nSPS) is 0. The molecule has 0 fully saturated rings. The smallest absolute Gasteiger partial charge is 0 e. The Morgan fingerprint density at radius 1 is 0.333 bits per heavy atom. The summed E-state index contributed by atoms with van der Waals surface area (Å²) in [6, 6.07) is 0. The van der Waals surface area contributed by atoms with Crippen LogP contribution in [-0.2, 0) is 97.5 Å². The van der Waals surface area contributed by atoms with Crippen molar-refractivity contribution in [1.29, 1.82) is 0 Å². The Morgan fingerprint density at radius 2 is 0.333 bits per heavy atom. The predicted molar refractivity (Wildman–Crippen MR) is 3.43 cm³/mol. The van der Waals surface area contributed by atoms with Gasteiger partial charge in [-0.15, -0.1) is 0 Å². The summed E-state index contributed by atoms with van der Waals surface area (Å²) in [7, 11) is 0. The van der Waals surface area contributed by atoms with Crippen molar-refractivity contribution in [1.82, 2.24) is 0 Å². The topological polar surface area (TPSA) is 142 Å². The maximum atomic E-state index is 0. The van der Waals surface area contributed by atoms with Crippen molar-refractivity contribution in [3.8, 4) is 0 Å². The molecular weight excluding hydrogens is 299 g/mol. The zero-order chi connectivity index (χ0) is 0. The zero-order valence-electron chi connectivity index (χ0n) is 3.57. The van der Waals surface area contributed by atoms with Gasteiger partial charge in [0.2, 0.25) is 0 Å². The van der Waals surface area contributed by atoms with Crippen LogP contribution in [0, 0.1) is 0 Å². The van der Waals surface area contributed by atoms with E-state index in [9.17, 15) is 0 Å². The molecule has 5 nitrogen and oxygen atoms in total. The molecule has 0 rings (SSSR count). The quantitative estimate of drug-likeness (QED) is 0.526. The summed E-state index contributed by atoms with van der Waals surface area (Å²) in [4.78, 5) is 0. The first-order valence-corrected chi connectivity index (χ1v) is 0. The van der Waals surface area contributed by atoms with Crippen LogP contribution in [0.5, 0.6) is 0 Å². The summed E-state index contributed by atoms with van der Waals surface area (Å²) >= 11 is 0. The van der Waals surface area contributed by atoms with Crippen LogP contribution in [-0.4, -0.2) is 0 Å². The first-order valence-electron chi connectivity index (χ1n) is 0. The van der Waals surface area contributed by atoms with Crippen molar-refractivity contribution in [3.05, 3.63) is 0 Å². The Kier molecular flexibility index (Phi) is 6580. The Hall–Kier alpha value is 1.96. The van der Waals surface area contributed by atoms with E-state index in [-0.39, 0.29) is 97.5 Å². The molecule has 0 aliphatic rings. The van der Waals surface area contributed by atoms with E-state index in [1.54, 1.807) is 0 Å². The predicted octanol–water partition coefficient (Wildman–Crippen LogP) is -0.604. The first kappa shape index (κ1) is 284. The second-order valence-electron chi connectivity index (χ2n) is 0. The molecule has 0 aliphatic heterocycles. The van der Waals surface area contributed by atoms with E-state index >= 15 is 0 Å². The zero-order valence-corrected chi connectivity index (χ0v) is 8.34. The third kappa shape index (κ3) is 165. The van der Waals surface area contributed by atoms with E-state index < -0.39 is 0 Å². The molecule has 0 aromatic carbocycles. The minimum absolute atomic E-state index is 0. The van der Waals surface area contributed by atoms with E-state index in [1.807, 2.05) is 0 Å². The number of hydrogen-bond donors (Lipinski definition) is 0. The van der Waals surface area contributed by atoms with E-state index in [2.05, 4.69) is 0 Å². The Morgan fingerprint density at radius 3 is 0.333 bits per heavy atom. The van der Waals surface area contributed by atoms with Gasteiger partial charge in [0, 0.05) is 70.1 Å². The monoisotopic (exact) mass is 298 g/mol. The van der Waals surface area contributed by atoms with Crippen molar-refractivity contribution >= 4 is 0 Å². The maximum Gasteiger partial charge on any atom is 0 e. The van der Waals surface area contributed by atoms with Gasteiger partial charge < -0.3 is 27.4 Å². The fraction of sp³-hybridized carbons (Fsp3) is 0. The average molecular weight is 299 g/mol. The number of rotatable bonds is 0. The van der Waals surface area contributed by atoms with Gasteiger partial charge in [-0.1, -0.05) is 0 Å². The van der Waals surface area contributed by atoms with Gasteiger partial charge in [-0.3, -0.25) is 0 Å². The first-order chi connectivity index (χ1) is 0. The van der Waals surface area contributed by atoms with E-state index in [1.165, 1.54) is 0 Å². The van der Waals surface area contributed by atoms with Crippen LogP contribution in [0.15, 0.2) is 0 Å². The van der Waals surface area contributed by atoms with Crippen LogP contribution in [0.25, 0.3) is 0 Å². The van der Waals surface area contributed by atoms with Crippen LogP contribution < -0.4 is 0 Å². The van der Waals surface area contributed by atoms with Gasteiger partial charge in [0.1, 0.15) is 0 Å². The van der Waals surface area contributed by atoms with E-state index in [0.29, 0.717) is 0 Å². The van der Waals surface area contributed by atoms with Crippen molar-refractivity contribution in [2.75, 3.05) is 0 Å². The summed E-state index contributed by atoms with van der Waals surface area (Å²) in [6.07, 6.45) is 0. The molecule has 0 heterocycles. The third-order valence-electron chi connectivity index (χ3n) is 0. The molecule has 0 saturated heterocycles. The van der Waals surface area contributed by atoms with Crippen molar-refractivity contribution in [2.24, 2.45) is 0 Å². The van der Waals surface area contributed by atoms with Crippen molar-refractivity contribution < 1.29 is 97.5 Å². The third-order valence-corrected chi connectivity index (χ3v) is 0. The molecule has 0 bridgehead atoms. The molecule has 0 N–H and O–H groups in total. The molecule has 2 radical (unpaired) electrons. The summed E-state index contributed by atoms with van der Waals surface area (Å²) in [5.74, 6) is 0.